The SMILES string of the molecule is CCOC1CCC2CC(c3ccc(-c4ccc(OC)c(F)c4F)c(F)c3F)CCC2C1. The molecule has 0 saturated heterocycles. The Bertz CT molecular complexity index is 946. The zero-order valence-corrected chi connectivity index (χ0v) is 17.9. The number of fused-ring (bicyclic) bond motifs is 1. The molecule has 2 aliphatic rings. The third-order valence-corrected chi connectivity index (χ3v) is 7.08. The number of rotatable bonds is 5. The summed E-state index contributed by atoms with van der Waals surface area (Å²) in [6, 6.07) is 5.30. The zero-order chi connectivity index (χ0) is 22.1. The molecule has 0 bridgehead atoms. The van der Waals surface area contributed by atoms with Crippen LogP contribution in [0.15, 0.2) is 24.3 Å². The molecule has 6 heteroatoms. The molecule has 4 atom stereocenters. The van der Waals surface area contributed by atoms with Crippen molar-refractivity contribution in [2.45, 2.75) is 57.5 Å². The van der Waals surface area contributed by atoms with Crippen molar-refractivity contribution in [3.63, 3.8) is 0 Å². The second kappa shape index (κ2) is 9.19. The summed E-state index contributed by atoms with van der Waals surface area (Å²) in [5.41, 5.74) is -0.272. The van der Waals surface area contributed by atoms with Gasteiger partial charge in [0.25, 0.3) is 0 Å². The Hall–Kier alpha value is -2.08. The molecule has 0 N–H and O–H groups in total. The van der Waals surface area contributed by atoms with E-state index >= 15 is 4.39 Å². The molecule has 2 saturated carbocycles. The molecule has 31 heavy (non-hydrogen) atoms. The van der Waals surface area contributed by atoms with Crippen molar-refractivity contribution in [1.82, 2.24) is 0 Å². The minimum atomic E-state index is -1.25. The van der Waals surface area contributed by atoms with Gasteiger partial charge in [-0.15, -0.1) is 0 Å². The van der Waals surface area contributed by atoms with E-state index in [2.05, 4.69) is 0 Å². The van der Waals surface area contributed by atoms with Gasteiger partial charge in [0.2, 0.25) is 5.82 Å². The lowest BCUT2D eigenvalue weighted by atomic mass is 9.65. The predicted molar refractivity (Wildman–Crippen MR) is 111 cm³/mol. The lowest BCUT2D eigenvalue weighted by Crippen LogP contribution is -2.34. The van der Waals surface area contributed by atoms with E-state index in [-0.39, 0.29) is 22.8 Å². The van der Waals surface area contributed by atoms with Crippen molar-refractivity contribution in [3.8, 4) is 16.9 Å². The minimum Gasteiger partial charge on any atom is -0.494 e. The molecule has 2 aliphatic carbocycles. The van der Waals surface area contributed by atoms with Gasteiger partial charge in [0.1, 0.15) is 0 Å². The second-order valence-corrected chi connectivity index (χ2v) is 8.69. The largest absolute Gasteiger partial charge is 0.494 e. The van der Waals surface area contributed by atoms with E-state index in [9.17, 15) is 13.2 Å². The Morgan fingerprint density at radius 3 is 2.13 bits per heavy atom. The average molecular weight is 436 g/mol. The molecule has 2 aromatic carbocycles. The van der Waals surface area contributed by atoms with Crippen molar-refractivity contribution in [1.29, 1.82) is 0 Å². The Kier molecular flexibility index (Phi) is 6.56. The molecule has 168 valence electrons. The van der Waals surface area contributed by atoms with Crippen LogP contribution in [0.5, 0.6) is 5.75 Å². The lowest BCUT2D eigenvalue weighted by Gasteiger charge is -2.42. The van der Waals surface area contributed by atoms with Crippen molar-refractivity contribution in [3.05, 3.63) is 53.1 Å². The summed E-state index contributed by atoms with van der Waals surface area (Å²) in [5, 5.41) is 0. The zero-order valence-electron chi connectivity index (χ0n) is 17.9. The quantitative estimate of drug-likeness (QED) is 0.470. The first-order chi connectivity index (χ1) is 14.9. The van der Waals surface area contributed by atoms with Gasteiger partial charge >= 0.3 is 0 Å². The molecular formula is C25H28F4O2. The van der Waals surface area contributed by atoms with Crippen LogP contribution in [0.4, 0.5) is 17.6 Å². The van der Waals surface area contributed by atoms with Crippen LogP contribution in [-0.4, -0.2) is 19.8 Å². The number of hydrogen-bond donors (Lipinski definition) is 0. The van der Waals surface area contributed by atoms with Gasteiger partial charge < -0.3 is 9.47 Å². The van der Waals surface area contributed by atoms with Crippen LogP contribution < -0.4 is 4.74 Å². The van der Waals surface area contributed by atoms with Crippen molar-refractivity contribution in [2.24, 2.45) is 11.8 Å². The van der Waals surface area contributed by atoms with Crippen LogP contribution in [0.1, 0.15) is 56.9 Å². The summed E-state index contributed by atoms with van der Waals surface area (Å²) in [6.45, 7) is 2.73. The van der Waals surface area contributed by atoms with Crippen molar-refractivity contribution >= 4 is 0 Å². The van der Waals surface area contributed by atoms with E-state index in [0.717, 1.165) is 45.1 Å². The van der Waals surface area contributed by atoms with Gasteiger partial charge in [0.05, 0.1) is 13.2 Å². The highest BCUT2D eigenvalue weighted by Crippen LogP contribution is 2.47. The Morgan fingerprint density at radius 1 is 0.774 bits per heavy atom. The van der Waals surface area contributed by atoms with Crippen LogP contribution in [0.2, 0.25) is 0 Å². The maximum absolute atomic E-state index is 15.1. The van der Waals surface area contributed by atoms with E-state index in [1.807, 2.05) is 6.92 Å². The van der Waals surface area contributed by atoms with Gasteiger partial charge in [-0.05, 0) is 80.9 Å². The van der Waals surface area contributed by atoms with E-state index in [4.69, 9.17) is 9.47 Å². The number of halogens is 4. The highest BCUT2D eigenvalue weighted by molar-refractivity contribution is 5.66. The standard InChI is InChI=1S/C25H28F4O2/c1-3-31-17-7-6-14-12-16(5-4-15(14)13-17)18-8-9-19(23(27)22(18)26)20-10-11-21(30-2)25(29)24(20)28/h8-11,14-17H,3-7,12-13H2,1-2H3. The van der Waals surface area contributed by atoms with Crippen LogP contribution in [0, 0.1) is 35.1 Å². The van der Waals surface area contributed by atoms with Crippen molar-refractivity contribution in [2.75, 3.05) is 13.7 Å². The van der Waals surface area contributed by atoms with E-state index < -0.39 is 23.3 Å². The first kappa shape index (κ1) is 22.1. The monoisotopic (exact) mass is 436 g/mol. The molecule has 2 aromatic rings. The van der Waals surface area contributed by atoms with Crippen LogP contribution in [-0.2, 0) is 4.74 Å². The summed E-state index contributed by atoms with van der Waals surface area (Å²) < 4.78 is 69.0. The van der Waals surface area contributed by atoms with Crippen molar-refractivity contribution < 1.29 is 27.0 Å². The molecule has 0 amide bonds. The highest BCUT2D eigenvalue weighted by atomic mass is 19.2. The average Bonchev–Trinajstić information content (AvgIpc) is 2.78. The Morgan fingerprint density at radius 2 is 1.42 bits per heavy atom. The summed E-state index contributed by atoms with van der Waals surface area (Å²) >= 11 is 0. The minimum absolute atomic E-state index is 0.0640. The fraction of sp³-hybridized carbons (Fsp3) is 0.520. The normalized spacial score (nSPS) is 25.9. The van der Waals surface area contributed by atoms with Gasteiger partial charge in [-0.25, -0.2) is 13.2 Å². The van der Waals surface area contributed by atoms with Gasteiger partial charge in [0.15, 0.2) is 23.2 Å². The van der Waals surface area contributed by atoms with E-state index in [1.165, 1.54) is 31.4 Å². The fourth-order valence-electron chi connectivity index (χ4n) is 5.50. The Balaban J connectivity index is 1.56. The maximum Gasteiger partial charge on any atom is 0.201 e. The fourth-order valence-corrected chi connectivity index (χ4v) is 5.50. The summed E-state index contributed by atoms with van der Waals surface area (Å²) in [5.74, 6) is -3.85. The topological polar surface area (TPSA) is 18.5 Å². The first-order valence-corrected chi connectivity index (χ1v) is 11.1. The molecule has 0 aromatic heterocycles. The highest BCUT2D eigenvalue weighted by Gasteiger charge is 2.37. The van der Waals surface area contributed by atoms with Crippen LogP contribution in [0.25, 0.3) is 11.1 Å². The smallest absolute Gasteiger partial charge is 0.201 e. The Labute approximate surface area is 180 Å². The molecule has 0 aliphatic heterocycles. The molecule has 0 radical (unpaired) electrons. The molecule has 2 nitrogen and oxygen atoms in total. The number of ether oxygens (including phenoxy) is 2. The molecule has 0 spiro atoms. The third-order valence-electron chi connectivity index (χ3n) is 7.08. The maximum atomic E-state index is 15.1. The summed E-state index contributed by atoms with van der Waals surface area (Å²) in [4.78, 5) is 0. The van der Waals surface area contributed by atoms with E-state index in [0.29, 0.717) is 23.5 Å². The van der Waals surface area contributed by atoms with Gasteiger partial charge in [-0.1, -0.05) is 12.1 Å². The van der Waals surface area contributed by atoms with Crippen LogP contribution in [0.3, 0.4) is 0 Å². The lowest BCUT2D eigenvalue weighted by molar-refractivity contribution is -0.00970. The van der Waals surface area contributed by atoms with Gasteiger partial charge in [0, 0.05) is 17.7 Å². The molecular weight excluding hydrogens is 408 g/mol. The van der Waals surface area contributed by atoms with Crippen LogP contribution >= 0.6 is 0 Å². The first-order valence-electron chi connectivity index (χ1n) is 11.1. The molecule has 0 heterocycles. The second-order valence-electron chi connectivity index (χ2n) is 8.69. The number of methoxy groups -OCH3 is 1. The third kappa shape index (κ3) is 4.19. The van der Waals surface area contributed by atoms with Gasteiger partial charge in [-0.2, -0.15) is 4.39 Å². The summed E-state index contributed by atoms with van der Waals surface area (Å²) in [7, 11) is 1.21. The number of hydrogen-bond acceptors (Lipinski definition) is 2. The summed E-state index contributed by atoms with van der Waals surface area (Å²) in [6.07, 6.45) is 6.01. The molecule has 4 rings (SSSR count). The van der Waals surface area contributed by atoms with E-state index in [1.54, 1.807) is 0 Å². The number of benzene rings is 2. The molecule has 4 unspecified atom stereocenters. The predicted octanol–water partition coefficient (Wildman–Crippen LogP) is 7.01. The molecule has 2 fully saturated rings. The van der Waals surface area contributed by atoms with Gasteiger partial charge in [-0.3, -0.25) is 0 Å².